The standard InChI is InChI=1S/C18H18N4O8/c23-11-3-9(4-12(24)17(11)29)7-19-21-15(27)1-2-16(28)22-20-8-10-5-13(25)18(30)14(26)6-10/h3-8,23-26,29-30H,1-2H2,(H,21,27)(H,22,28)/b19-7+,20-8+. The third-order valence-corrected chi connectivity index (χ3v) is 3.57. The Morgan fingerprint density at radius 1 is 0.667 bits per heavy atom. The molecule has 0 atom stereocenters. The van der Waals surface area contributed by atoms with Crippen molar-refractivity contribution in [1.82, 2.24) is 10.9 Å². The number of aromatic hydroxyl groups is 6. The summed E-state index contributed by atoms with van der Waals surface area (Å²) in [6, 6.07) is 4.46. The lowest BCUT2D eigenvalue weighted by Gasteiger charge is -2.03. The van der Waals surface area contributed by atoms with E-state index in [0.29, 0.717) is 0 Å². The van der Waals surface area contributed by atoms with Gasteiger partial charge in [0.2, 0.25) is 11.8 Å². The molecule has 0 aliphatic heterocycles. The zero-order valence-electron chi connectivity index (χ0n) is 15.3. The molecule has 0 unspecified atom stereocenters. The molecule has 0 fully saturated rings. The van der Waals surface area contributed by atoms with E-state index >= 15 is 0 Å². The van der Waals surface area contributed by atoms with E-state index in [0.717, 1.165) is 36.7 Å². The van der Waals surface area contributed by atoms with Crippen LogP contribution in [0.4, 0.5) is 0 Å². The second kappa shape index (κ2) is 9.64. The summed E-state index contributed by atoms with van der Waals surface area (Å²) in [5.74, 6) is -4.77. The van der Waals surface area contributed by atoms with Crippen LogP contribution in [0.15, 0.2) is 34.5 Å². The van der Waals surface area contributed by atoms with E-state index in [1.165, 1.54) is 0 Å². The van der Waals surface area contributed by atoms with Gasteiger partial charge in [-0.3, -0.25) is 9.59 Å². The van der Waals surface area contributed by atoms with Crippen LogP contribution in [0.25, 0.3) is 0 Å². The highest BCUT2D eigenvalue weighted by molar-refractivity contribution is 5.87. The van der Waals surface area contributed by atoms with Gasteiger partial charge in [0, 0.05) is 24.0 Å². The largest absolute Gasteiger partial charge is 0.504 e. The number of rotatable bonds is 7. The predicted molar refractivity (Wildman–Crippen MR) is 104 cm³/mol. The maximum atomic E-state index is 11.7. The number of amides is 2. The maximum absolute atomic E-state index is 11.7. The quantitative estimate of drug-likeness (QED) is 0.178. The monoisotopic (exact) mass is 418 g/mol. The Hall–Kier alpha value is -4.48. The topological polar surface area (TPSA) is 204 Å². The van der Waals surface area contributed by atoms with Crippen LogP contribution in [0.3, 0.4) is 0 Å². The minimum atomic E-state index is -0.677. The highest BCUT2D eigenvalue weighted by Gasteiger charge is 2.09. The number of phenolic OH excluding ortho intramolecular Hbond substituents is 6. The summed E-state index contributed by atoms with van der Waals surface area (Å²) in [4.78, 5) is 23.3. The van der Waals surface area contributed by atoms with Gasteiger partial charge in [0.05, 0.1) is 12.4 Å². The Balaban J connectivity index is 1.77. The lowest BCUT2D eigenvalue weighted by atomic mass is 10.2. The van der Waals surface area contributed by atoms with Crippen molar-refractivity contribution in [3.8, 4) is 34.5 Å². The summed E-state index contributed by atoms with van der Waals surface area (Å²) in [5, 5.41) is 63.1. The van der Waals surface area contributed by atoms with Crippen molar-refractivity contribution >= 4 is 24.2 Å². The van der Waals surface area contributed by atoms with E-state index in [9.17, 15) is 40.2 Å². The fourth-order valence-corrected chi connectivity index (χ4v) is 2.10. The second-order valence-electron chi connectivity index (χ2n) is 5.90. The Morgan fingerprint density at radius 2 is 0.967 bits per heavy atom. The van der Waals surface area contributed by atoms with E-state index in [2.05, 4.69) is 21.1 Å². The maximum Gasteiger partial charge on any atom is 0.240 e. The number of hydrogen-bond donors (Lipinski definition) is 8. The average Bonchev–Trinajstić information content (AvgIpc) is 2.68. The Labute approximate surface area is 169 Å². The number of carbonyl (C=O) groups is 2. The van der Waals surface area contributed by atoms with Crippen LogP contribution in [0.5, 0.6) is 34.5 Å². The SMILES string of the molecule is O=C(CCC(=O)N/N=C/c1cc(O)c(O)c(O)c1)N/N=C/c1cc(O)c(O)c(O)c1. The van der Waals surface area contributed by atoms with Gasteiger partial charge < -0.3 is 30.6 Å². The van der Waals surface area contributed by atoms with Gasteiger partial charge in [-0.25, -0.2) is 10.9 Å². The minimum absolute atomic E-state index is 0.210. The lowest BCUT2D eigenvalue weighted by molar-refractivity contribution is -0.126. The summed E-state index contributed by atoms with van der Waals surface area (Å²) in [5.41, 5.74) is 4.71. The number of hydrogen-bond acceptors (Lipinski definition) is 10. The van der Waals surface area contributed by atoms with Gasteiger partial charge in [0.15, 0.2) is 34.5 Å². The first-order chi connectivity index (χ1) is 14.2. The lowest BCUT2D eigenvalue weighted by Crippen LogP contribution is -2.22. The van der Waals surface area contributed by atoms with Crippen LogP contribution in [0.1, 0.15) is 24.0 Å². The van der Waals surface area contributed by atoms with E-state index < -0.39 is 46.3 Å². The molecule has 2 aromatic carbocycles. The molecular formula is C18H18N4O8. The van der Waals surface area contributed by atoms with E-state index in [-0.39, 0.29) is 24.0 Å². The van der Waals surface area contributed by atoms with Gasteiger partial charge in [0.25, 0.3) is 0 Å². The molecular weight excluding hydrogens is 400 g/mol. The molecule has 8 N–H and O–H groups in total. The first-order valence-corrected chi connectivity index (χ1v) is 8.31. The van der Waals surface area contributed by atoms with E-state index in [1.807, 2.05) is 0 Å². The summed E-state index contributed by atoms with van der Waals surface area (Å²) < 4.78 is 0. The van der Waals surface area contributed by atoms with Crippen LogP contribution in [0, 0.1) is 0 Å². The van der Waals surface area contributed by atoms with E-state index in [4.69, 9.17) is 0 Å². The summed E-state index contributed by atoms with van der Waals surface area (Å²) in [6.45, 7) is 0. The normalized spacial score (nSPS) is 11.1. The van der Waals surface area contributed by atoms with Crippen molar-refractivity contribution in [2.45, 2.75) is 12.8 Å². The zero-order chi connectivity index (χ0) is 22.3. The smallest absolute Gasteiger partial charge is 0.240 e. The Morgan fingerprint density at radius 3 is 1.27 bits per heavy atom. The van der Waals surface area contributed by atoms with Crippen molar-refractivity contribution in [1.29, 1.82) is 0 Å². The summed E-state index contributed by atoms with van der Waals surface area (Å²) >= 11 is 0. The molecule has 158 valence electrons. The third kappa shape index (κ3) is 6.02. The fourth-order valence-electron chi connectivity index (χ4n) is 2.10. The molecule has 0 saturated heterocycles. The van der Waals surface area contributed by atoms with Gasteiger partial charge in [-0.2, -0.15) is 10.2 Å². The second-order valence-corrected chi connectivity index (χ2v) is 5.90. The van der Waals surface area contributed by atoms with Gasteiger partial charge in [-0.05, 0) is 24.3 Å². The molecule has 0 aliphatic rings. The van der Waals surface area contributed by atoms with Gasteiger partial charge >= 0.3 is 0 Å². The van der Waals surface area contributed by atoms with Crippen molar-refractivity contribution < 1.29 is 40.2 Å². The Kier molecular flexibility index (Phi) is 7.01. The molecule has 12 heteroatoms. The van der Waals surface area contributed by atoms with Gasteiger partial charge in [-0.1, -0.05) is 0 Å². The van der Waals surface area contributed by atoms with Crippen molar-refractivity contribution in [2.75, 3.05) is 0 Å². The average molecular weight is 418 g/mol. The molecule has 2 rings (SSSR count). The first-order valence-electron chi connectivity index (χ1n) is 8.31. The molecule has 2 amide bonds. The highest BCUT2D eigenvalue weighted by atomic mass is 16.3. The molecule has 2 aromatic rings. The highest BCUT2D eigenvalue weighted by Crippen LogP contribution is 2.35. The molecule has 0 radical (unpaired) electrons. The number of nitrogens with one attached hydrogen (secondary N) is 2. The molecule has 0 bridgehead atoms. The van der Waals surface area contributed by atoms with Crippen LogP contribution in [0.2, 0.25) is 0 Å². The number of carbonyl (C=O) groups excluding carboxylic acids is 2. The Bertz CT molecular complexity index is 892. The molecule has 12 nitrogen and oxygen atoms in total. The molecule has 0 saturated carbocycles. The summed E-state index contributed by atoms with van der Waals surface area (Å²) in [7, 11) is 0. The number of benzene rings is 2. The van der Waals surface area contributed by atoms with Crippen molar-refractivity contribution in [2.24, 2.45) is 10.2 Å². The van der Waals surface area contributed by atoms with Crippen LogP contribution in [-0.4, -0.2) is 54.9 Å². The first kappa shape index (κ1) is 21.8. The molecule has 0 spiro atoms. The van der Waals surface area contributed by atoms with Gasteiger partial charge in [-0.15, -0.1) is 0 Å². The fraction of sp³-hybridized carbons (Fsp3) is 0.111. The molecule has 0 aromatic heterocycles. The molecule has 30 heavy (non-hydrogen) atoms. The van der Waals surface area contributed by atoms with Gasteiger partial charge in [0.1, 0.15) is 0 Å². The number of nitrogens with zero attached hydrogens (tertiary/aromatic N) is 2. The van der Waals surface area contributed by atoms with Crippen LogP contribution in [-0.2, 0) is 9.59 Å². The van der Waals surface area contributed by atoms with Crippen molar-refractivity contribution in [3.63, 3.8) is 0 Å². The summed E-state index contributed by atoms with van der Waals surface area (Å²) in [6.07, 6.45) is 1.80. The zero-order valence-corrected chi connectivity index (χ0v) is 15.3. The third-order valence-electron chi connectivity index (χ3n) is 3.57. The molecule has 0 heterocycles. The van der Waals surface area contributed by atoms with Crippen LogP contribution < -0.4 is 10.9 Å². The van der Waals surface area contributed by atoms with Crippen LogP contribution >= 0.6 is 0 Å². The van der Waals surface area contributed by atoms with Crippen molar-refractivity contribution in [3.05, 3.63) is 35.4 Å². The van der Waals surface area contributed by atoms with E-state index in [1.54, 1.807) is 0 Å². The number of hydrazone groups is 2. The predicted octanol–water partition coefficient (Wildman–Crippen LogP) is 0.301. The molecule has 0 aliphatic carbocycles. The number of phenols is 6. The minimum Gasteiger partial charge on any atom is -0.504 e.